The Kier molecular flexibility index (Phi) is 26.9. The highest BCUT2D eigenvalue weighted by molar-refractivity contribution is 7.90. The minimum atomic E-state index is -2.16. The number of β-amino-alcohol motifs (C(OH)–C–C–N with tert-alkyl or cyclic N) is 1. The van der Waals surface area contributed by atoms with E-state index in [0.717, 1.165) is 54.0 Å². The molecule has 7 amide bonds. The zero-order valence-electron chi connectivity index (χ0n) is 55.1. The number of aliphatic hydroxyl groups is 8. The lowest BCUT2D eigenvalue weighted by Gasteiger charge is -2.46. The third-order valence-electron chi connectivity index (χ3n) is 19.7. The molecule has 16 N–H and O–H groups in total. The number of carbonyl (C=O) groups is 7. The van der Waals surface area contributed by atoms with Crippen molar-refractivity contribution in [2.24, 2.45) is 11.8 Å². The molecule has 99 heavy (non-hydrogen) atoms. The van der Waals surface area contributed by atoms with Gasteiger partial charge in [-0.15, -0.1) is 10.2 Å². The van der Waals surface area contributed by atoms with Crippen LogP contribution in [-0.4, -0.2) is 244 Å². The lowest BCUT2D eigenvalue weighted by molar-refractivity contribution is -0.433. The van der Waals surface area contributed by atoms with Crippen molar-refractivity contribution in [3.63, 3.8) is 0 Å². The van der Waals surface area contributed by atoms with Crippen LogP contribution >= 0.6 is 23.7 Å². The summed E-state index contributed by atoms with van der Waals surface area (Å²) in [5.74, 6) is -8.55. The molecule has 0 spiro atoms. The van der Waals surface area contributed by atoms with E-state index in [1.165, 1.54) is 80.2 Å². The van der Waals surface area contributed by atoms with Crippen molar-refractivity contribution < 1.29 is 103 Å². The first-order valence-electron chi connectivity index (χ1n) is 33.3. The summed E-state index contributed by atoms with van der Waals surface area (Å²) in [7, 11) is 1.87. The standard InChI is InChI=1S/C66H90N10O21S2/c1-34-30-76-55(56(34)85)61(90)68-29-44(80)27-46(69-57(86)39-12-16-41(17-13-39)63-74-73-62(98-63)40-14-10-37(11-15-40)38-19-22-66(94-3,23-20-38)42-7-5-4-6-8-42)58(87)70-52(35(2)79)64(91)75-31-45(81)28-47(75)59(88)71-53(50(84)25-36-9-18-48(82)51(26-36)95-99-97-96-93)60(89)72-54(65(76)92)49(83)21-24-67-43(32-77)33-78/h9-18,26,34-35,38,42-47,49-50,52-56,67,77-85,93H,4-8,19-25,27-33H2,1-3H3,(H,68,90)(H,69,86)(H,70,87)(H,71,88)(H,72,89)/t34-,35+,38?,44+,45+,46?,47-,49+,50+,52-,53-,54-,55-,56-,66?/m0/s1. The SMILES string of the molecule is COC1(C2CCCCC2)CCC(c2ccc(-c3nnc(-c4ccc(C(=O)NC5C[C@@H](O)CNC(=O)[C@@H]6[C@@H](O)[C@@H](C)CN6C(=O)[C@H]([C@H](O)CCNC(CO)CO)NC(=O)[C@H]([C@H](O)Cc6ccc(O)c(OSOOO)c6)NC(=O)[C@@H]6C[C@@H](O)CN6C(=O)[C@H]([C@@H](C)O)NC5=O)cc4)s3)cc2)CC1. The Morgan fingerprint density at radius 2 is 1.39 bits per heavy atom. The van der Waals surface area contributed by atoms with Crippen LogP contribution in [0.25, 0.3) is 21.1 Å². The summed E-state index contributed by atoms with van der Waals surface area (Å²) in [6, 6.07) is 5.84. The molecule has 31 nitrogen and oxygen atoms in total. The summed E-state index contributed by atoms with van der Waals surface area (Å²) in [4.78, 5) is 104. The van der Waals surface area contributed by atoms with Crippen molar-refractivity contribution in [2.45, 2.75) is 188 Å². The van der Waals surface area contributed by atoms with E-state index in [9.17, 15) is 74.7 Å². The number of carbonyl (C=O) groups excluding carboxylic acids is 7. The molecule has 4 heterocycles. The lowest BCUT2D eigenvalue weighted by Crippen LogP contribution is -2.64. The molecule has 0 bridgehead atoms. The molecule has 3 saturated heterocycles. The summed E-state index contributed by atoms with van der Waals surface area (Å²) in [6.45, 7) is -0.301. The fourth-order valence-corrected chi connectivity index (χ4v) is 15.2. The van der Waals surface area contributed by atoms with Crippen LogP contribution in [0.15, 0.2) is 66.7 Å². The zero-order chi connectivity index (χ0) is 71.2. The van der Waals surface area contributed by atoms with Crippen molar-refractivity contribution in [3.05, 3.63) is 83.4 Å². The molecule has 3 aromatic carbocycles. The number of phenols is 1. The molecule has 13 atom stereocenters. The minimum Gasteiger partial charge on any atom is -0.504 e. The van der Waals surface area contributed by atoms with Crippen LogP contribution in [-0.2, 0) is 49.3 Å². The van der Waals surface area contributed by atoms with Gasteiger partial charge in [-0.3, -0.25) is 33.6 Å². The Balaban J connectivity index is 0.967. The molecular weight excluding hydrogens is 1330 g/mol. The summed E-state index contributed by atoms with van der Waals surface area (Å²) < 4.78 is 15.6. The molecule has 2 aliphatic carbocycles. The summed E-state index contributed by atoms with van der Waals surface area (Å²) in [6.07, 6.45) is -2.17. The molecule has 0 radical (unpaired) electrons. The van der Waals surface area contributed by atoms with E-state index in [0.29, 0.717) is 27.4 Å². The van der Waals surface area contributed by atoms with Crippen LogP contribution in [0.4, 0.5) is 0 Å². The highest BCUT2D eigenvalue weighted by Crippen LogP contribution is 2.48. The monoisotopic (exact) mass is 1420 g/mol. The highest BCUT2D eigenvalue weighted by atomic mass is 32.2. The number of aliphatic hydroxyl groups excluding tert-OH is 8. The minimum absolute atomic E-state index is 0.0230. The number of aromatic nitrogens is 2. The first-order valence-corrected chi connectivity index (χ1v) is 34.8. The number of methoxy groups -OCH3 is 1. The fraction of sp³-hybridized carbons (Fsp3) is 0.591. The molecular formula is C66H90N10O21S2. The molecule has 3 aliphatic heterocycles. The summed E-state index contributed by atoms with van der Waals surface area (Å²) in [5, 5.41) is 137. The maximum Gasteiger partial charge on any atom is 0.261 e. The number of phenolic OH excluding ortho intramolecular Hbond substituents is 1. The first-order chi connectivity index (χ1) is 47.5. The maximum atomic E-state index is 15.0. The normalized spacial score (nSPS) is 28.2. The average Bonchev–Trinajstić information content (AvgIpc) is 1.75. The number of benzene rings is 3. The summed E-state index contributed by atoms with van der Waals surface area (Å²) in [5.41, 5.74) is 2.85. The number of nitrogens with one attached hydrogen (secondary N) is 6. The quantitative estimate of drug-likeness (QED) is 0.0210. The van der Waals surface area contributed by atoms with Gasteiger partial charge >= 0.3 is 0 Å². The van der Waals surface area contributed by atoms with Gasteiger partial charge in [0.25, 0.3) is 18.2 Å². The molecule has 4 aromatic rings. The number of aromatic hydroxyl groups is 1. The van der Waals surface area contributed by atoms with E-state index in [1.54, 1.807) is 12.1 Å². The van der Waals surface area contributed by atoms with E-state index < -0.39 is 184 Å². The number of amides is 7. The third kappa shape index (κ3) is 18.7. The Labute approximate surface area is 579 Å². The van der Waals surface area contributed by atoms with Crippen molar-refractivity contribution in [1.29, 1.82) is 0 Å². The first kappa shape index (κ1) is 76.1. The number of fused-ring (bicyclic) bond motifs is 2. The number of rotatable bonds is 22. The van der Waals surface area contributed by atoms with Gasteiger partial charge in [-0.05, 0) is 106 Å². The molecule has 1 unspecified atom stereocenters. The molecule has 9 rings (SSSR count). The van der Waals surface area contributed by atoms with E-state index >= 15 is 4.79 Å². The molecule has 2 saturated carbocycles. The Hall–Kier alpha value is -7.06. The largest absolute Gasteiger partial charge is 0.504 e. The van der Waals surface area contributed by atoms with Gasteiger partial charge in [0.05, 0.1) is 61.5 Å². The van der Waals surface area contributed by atoms with E-state index in [2.05, 4.69) is 63.6 Å². The van der Waals surface area contributed by atoms with Crippen molar-refractivity contribution in [2.75, 3.05) is 46.5 Å². The second-order valence-corrected chi connectivity index (χ2v) is 27.8. The smallest absolute Gasteiger partial charge is 0.261 e. The second kappa shape index (κ2) is 35.0. The highest BCUT2D eigenvalue weighted by Gasteiger charge is 2.50. The van der Waals surface area contributed by atoms with Crippen LogP contribution in [0.3, 0.4) is 0 Å². The van der Waals surface area contributed by atoms with Crippen LogP contribution in [0, 0.1) is 11.8 Å². The van der Waals surface area contributed by atoms with Crippen molar-refractivity contribution >= 4 is 65.0 Å². The maximum absolute atomic E-state index is 15.0. The van der Waals surface area contributed by atoms with Crippen LogP contribution in [0.1, 0.15) is 118 Å². The van der Waals surface area contributed by atoms with Crippen molar-refractivity contribution in [1.82, 2.24) is 51.9 Å². The van der Waals surface area contributed by atoms with Gasteiger partial charge in [-0.1, -0.05) is 89.4 Å². The van der Waals surface area contributed by atoms with Gasteiger partial charge in [0.2, 0.25) is 35.4 Å². The Morgan fingerprint density at radius 3 is 2.03 bits per heavy atom. The van der Waals surface area contributed by atoms with Gasteiger partial charge in [0.1, 0.15) is 46.3 Å². The van der Waals surface area contributed by atoms with Crippen LogP contribution in [0.2, 0.25) is 0 Å². The Morgan fingerprint density at radius 1 is 0.758 bits per heavy atom. The zero-order valence-corrected chi connectivity index (χ0v) is 56.7. The topological polar surface area (TPSA) is 463 Å². The van der Waals surface area contributed by atoms with Crippen molar-refractivity contribution in [3.8, 4) is 32.6 Å². The van der Waals surface area contributed by atoms with E-state index in [-0.39, 0.29) is 47.9 Å². The Bertz CT molecular complexity index is 3390. The molecule has 33 heteroatoms. The molecule has 542 valence electrons. The van der Waals surface area contributed by atoms with Crippen LogP contribution < -0.4 is 36.1 Å². The van der Waals surface area contributed by atoms with E-state index in [1.807, 2.05) is 19.2 Å². The molecule has 5 fully saturated rings. The van der Waals surface area contributed by atoms with Gasteiger partial charge in [-0.25, -0.2) is 5.26 Å². The molecule has 1 aromatic heterocycles. The number of hydrogen-bond acceptors (Lipinski definition) is 26. The summed E-state index contributed by atoms with van der Waals surface area (Å²) >= 11 is 1.41. The average molecular weight is 1420 g/mol. The predicted octanol–water partition coefficient (Wildman–Crippen LogP) is -0.155. The van der Waals surface area contributed by atoms with Crippen LogP contribution in [0.5, 0.6) is 11.5 Å². The lowest BCUT2D eigenvalue weighted by atomic mass is 9.66. The number of ether oxygens (including phenoxy) is 1. The predicted molar refractivity (Wildman–Crippen MR) is 355 cm³/mol. The van der Waals surface area contributed by atoms with Gasteiger partial charge in [-0.2, -0.15) is 0 Å². The van der Waals surface area contributed by atoms with Gasteiger partial charge in [0.15, 0.2) is 11.5 Å². The molecule has 5 aliphatic rings. The second-order valence-electron chi connectivity index (χ2n) is 26.4. The third-order valence-corrected chi connectivity index (χ3v) is 21.1. The van der Waals surface area contributed by atoms with Gasteiger partial charge < -0.3 is 96.6 Å². The van der Waals surface area contributed by atoms with Gasteiger partial charge in [0, 0.05) is 68.6 Å². The number of hydrogen-bond donors (Lipinski definition) is 16. The number of nitrogens with zero attached hydrogens (tertiary/aromatic N) is 4. The fourth-order valence-electron chi connectivity index (χ4n) is 14.1. The van der Waals surface area contributed by atoms with E-state index in [4.69, 9.17) is 14.2 Å².